The van der Waals surface area contributed by atoms with Gasteiger partial charge >= 0.3 is 0 Å². The zero-order valence-electron chi connectivity index (χ0n) is 8.95. The predicted molar refractivity (Wildman–Crippen MR) is 79.1 cm³/mol. The minimum atomic E-state index is 0.374. The summed E-state index contributed by atoms with van der Waals surface area (Å²) in [5, 5.41) is 12.3. The normalized spacial score (nSPS) is 11.9. The van der Waals surface area contributed by atoms with Crippen molar-refractivity contribution in [3.05, 3.63) is 56.2 Å². The molecule has 0 saturated heterocycles. The Hall–Kier alpha value is -0.980. The summed E-state index contributed by atoms with van der Waals surface area (Å²) in [4.78, 5) is 0.827. The summed E-state index contributed by atoms with van der Waals surface area (Å²) in [7, 11) is 0. The second kappa shape index (κ2) is 5.77. The number of allylic oxidation sites excluding steroid dienone is 1. The molecule has 2 rings (SSSR count). The van der Waals surface area contributed by atoms with Crippen LogP contribution in [0.2, 0.25) is 10.0 Å². The summed E-state index contributed by atoms with van der Waals surface area (Å²) in [6.45, 7) is 0. The lowest BCUT2D eigenvalue weighted by Gasteiger charge is -2.04. The van der Waals surface area contributed by atoms with Gasteiger partial charge in [0.05, 0.1) is 20.7 Å². The van der Waals surface area contributed by atoms with Crippen molar-refractivity contribution in [2.45, 2.75) is 0 Å². The minimum Gasteiger partial charge on any atom is -0.192 e. The molecule has 0 N–H and O–H groups in total. The molecule has 5 heteroatoms. The molecule has 2 aromatic rings. The van der Waals surface area contributed by atoms with Gasteiger partial charge in [0.1, 0.15) is 6.07 Å². The van der Waals surface area contributed by atoms with Gasteiger partial charge in [0.15, 0.2) is 0 Å². The average molecular weight is 315 g/mol. The van der Waals surface area contributed by atoms with Crippen LogP contribution in [0.15, 0.2) is 35.7 Å². The topological polar surface area (TPSA) is 23.8 Å². The highest BCUT2D eigenvalue weighted by Crippen LogP contribution is 2.34. The first-order valence-corrected chi connectivity index (χ1v) is 6.94. The van der Waals surface area contributed by atoms with Gasteiger partial charge in [0, 0.05) is 4.88 Å². The second-order valence-electron chi connectivity index (χ2n) is 3.41. The van der Waals surface area contributed by atoms with Crippen LogP contribution in [0.4, 0.5) is 0 Å². The third-order valence-corrected chi connectivity index (χ3v) is 4.31. The summed E-state index contributed by atoms with van der Waals surface area (Å²) in [6, 6.07) is 10.9. The van der Waals surface area contributed by atoms with Gasteiger partial charge < -0.3 is 0 Å². The fourth-order valence-electron chi connectivity index (χ4n) is 1.41. The molecule has 1 nitrogen and oxygen atoms in total. The van der Waals surface area contributed by atoms with E-state index in [2.05, 4.69) is 6.07 Å². The average Bonchev–Trinajstić information content (AvgIpc) is 2.87. The van der Waals surface area contributed by atoms with Crippen LogP contribution >= 0.6 is 46.1 Å². The van der Waals surface area contributed by atoms with Gasteiger partial charge in [-0.2, -0.15) is 5.26 Å². The van der Waals surface area contributed by atoms with E-state index in [0.717, 1.165) is 4.88 Å². The van der Waals surface area contributed by atoms with Crippen LogP contribution in [0.5, 0.6) is 0 Å². The molecule has 0 fully saturated rings. The Morgan fingerprint density at radius 1 is 1.17 bits per heavy atom. The number of benzene rings is 1. The summed E-state index contributed by atoms with van der Waals surface area (Å²) in [5.41, 5.74) is 1.11. The van der Waals surface area contributed by atoms with Crippen molar-refractivity contribution in [3.63, 3.8) is 0 Å². The maximum atomic E-state index is 9.21. The third kappa shape index (κ3) is 2.71. The smallest absolute Gasteiger partial charge is 0.102 e. The number of halogens is 3. The standard InChI is InChI=1S/C13H6Cl3NS/c14-10-4-3-8(6-11(10)15)13(16)9(7-17)12-2-1-5-18-12/h1-6H/b13-9-. The number of nitriles is 1. The Balaban J connectivity index is 2.54. The fourth-order valence-corrected chi connectivity index (χ4v) is 2.75. The molecule has 90 valence electrons. The van der Waals surface area contributed by atoms with E-state index in [0.29, 0.717) is 26.2 Å². The fraction of sp³-hybridized carbons (Fsp3) is 0. The van der Waals surface area contributed by atoms with Crippen LogP contribution < -0.4 is 0 Å². The molecule has 0 aliphatic heterocycles. The number of hydrogen-bond donors (Lipinski definition) is 0. The first-order valence-electron chi connectivity index (χ1n) is 4.92. The molecule has 0 aliphatic carbocycles. The SMILES string of the molecule is N#C/C(=C(/Cl)c1ccc(Cl)c(Cl)c1)c1cccs1. The Bertz CT molecular complexity index is 639. The Morgan fingerprint density at radius 3 is 2.50 bits per heavy atom. The molecular formula is C13H6Cl3NS. The van der Waals surface area contributed by atoms with Gasteiger partial charge in [0.2, 0.25) is 0 Å². The lowest BCUT2D eigenvalue weighted by molar-refractivity contribution is 1.54. The van der Waals surface area contributed by atoms with Crippen molar-refractivity contribution in [2.24, 2.45) is 0 Å². The maximum Gasteiger partial charge on any atom is 0.102 e. The molecule has 0 spiro atoms. The van der Waals surface area contributed by atoms with Crippen LogP contribution in [0.25, 0.3) is 10.6 Å². The summed E-state index contributed by atoms with van der Waals surface area (Å²) in [5.74, 6) is 0. The van der Waals surface area contributed by atoms with E-state index in [9.17, 15) is 5.26 Å². The van der Waals surface area contributed by atoms with Crippen molar-refractivity contribution < 1.29 is 0 Å². The lowest BCUT2D eigenvalue weighted by atomic mass is 10.1. The van der Waals surface area contributed by atoms with Crippen molar-refractivity contribution in [1.82, 2.24) is 0 Å². The highest BCUT2D eigenvalue weighted by Gasteiger charge is 2.11. The molecule has 0 unspecified atom stereocenters. The molecule has 0 aliphatic rings. The van der Waals surface area contributed by atoms with Gasteiger partial charge in [-0.3, -0.25) is 0 Å². The zero-order chi connectivity index (χ0) is 13.1. The highest BCUT2D eigenvalue weighted by atomic mass is 35.5. The van der Waals surface area contributed by atoms with Gasteiger partial charge in [0.25, 0.3) is 0 Å². The zero-order valence-corrected chi connectivity index (χ0v) is 12.0. The van der Waals surface area contributed by atoms with E-state index in [-0.39, 0.29) is 0 Å². The van der Waals surface area contributed by atoms with Crippen molar-refractivity contribution in [2.75, 3.05) is 0 Å². The Kier molecular flexibility index (Phi) is 4.31. The molecule has 1 heterocycles. The van der Waals surface area contributed by atoms with E-state index in [1.165, 1.54) is 11.3 Å². The predicted octanol–water partition coefficient (Wildman–Crippen LogP) is 5.69. The van der Waals surface area contributed by atoms with Crippen LogP contribution in [-0.2, 0) is 0 Å². The van der Waals surface area contributed by atoms with Gasteiger partial charge in [-0.25, -0.2) is 0 Å². The van der Waals surface area contributed by atoms with E-state index in [1.54, 1.807) is 18.2 Å². The monoisotopic (exact) mass is 313 g/mol. The third-order valence-electron chi connectivity index (χ3n) is 2.27. The first kappa shape index (κ1) is 13.5. The summed E-state index contributed by atoms with van der Waals surface area (Å²) >= 11 is 19.5. The molecule has 0 bridgehead atoms. The van der Waals surface area contributed by atoms with Crippen molar-refractivity contribution in [3.8, 4) is 6.07 Å². The molecular weight excluding hydrogens is 309 g/mol. The molecule has 1 aromatic heterocycles. The Morgan fingerprint density at radius 2 is 1.94 bits per heavy atom. The molecule has 18 heavy (non-hydrogen) atoms. The van der Waals surface area contributed by atoms with Crippen molar-refractivity contribution >= 4 is 56.7 Å². The Labute approximate surface area is 124 Å². The van der Waals surface area contributed by atoms with E-state index >= 15 is 0 Å². The summed E-state index contributed by atoms with van der Waals surface area (Å²) < 4.78 is 0. The number of rotatable bonds is 2. The summed E-state index contributed by atoms with van der Waals surface area (Å²) in [6.07, 6.45) is 0. The van der Waals surface area contributed by atoms with Crippen molar-refractivity contribution in [1.29, 1.82) is 5.26 Å². The quantitative estimate of drug-likeness (QED) is 0.654. The first-order chi connectivity index (χ1) is 8.63. The van der Waals surface area contributed by atoms with Gasteiger partial charge in [-0.05, 0) is 29.1 Å². The van der Waals surface area contributed by atoms with Gasteiger partial charge in [-0.1, -0.05) is 46.9 Å². The van der Waals surface area contributed by atoms with Crippen LogP contribution in [0.3, 0.4) is 0 Å². The largest absolute Gasteiger partial charge is 0.192 e. The number of hydrogen-bond acceptors (Lipinski definition) is 2. The van der Waals surface area contributed by atoms with E-state index in [4.69, 9.17) is 34.8 Å². The molecule has 1 aromatic carbocycles. The number of thiophene rings is 1. The molecule has 0 radical (unpaired) electrons. The minimum absolute atomic E-state index is 0.374. The molecule has 0 amide bonds. The lowest BCUT2D eigenvalue weighted by Crippen LogP contribution is -1.84. The van der Waals surface area contributed by atoms with Crippen LogP contribution in [0.1, 0.15) is 10.4 Å². The highest BCUT2D eigenvalue weighted by molar-refractivity contribution is 7.11. The number of nitrogens with zero attached hydrogens (tertiary/aromatic N) is 1. The maximum absolute atomic E-state index is 9.21. The van der Waals surface area contributed by atoms with Crippen LogP contribution in [-0.4, -0.2) is 0 Å². The van der Waals surface area contributed by atoms with Crippen LogP contribution in [0, 0.1) is 11.3 Å². The second-order valence-corrected chi connectivity index (χ2v) is 5.55. The van der Waals surface area contributed by atoms with E-state index in [1.807, 2.05) is 17.5 Å². The van der Waals surface area contributed by atoms with E-state index < -0.39 is 0 Å². The molecule has 0 saturated carbocycles. The molecule has 0 atom stereocenters. The van der Waals surface area contributed by atoms with Gasteiger partial charge in [-0.15, -0.1) is 11.3 Å².